The molecule has 0 aromatic heterocycles. The molecule has 0 bridgehead atoms. The highest BCUT2D eigenvalue weighted by molar-refractivity contribution is 9.10. The van der Waals surface area contributed by atoms with Gasteiger partial charge in [-0.3, -0.25) is 0 Å². The second kappa shape index (κ2) is 6.65. The first kappa shape index (κ1) is 14.7. The highest BCUT2D eigenvalue weighted by Gasteiger charge is 2.15. The molecule has 2 aromatic carbocycles. The molecule has 2 aromatic rings. The van der Waals surface area contributed by atoms with Crippen LogP contribution in [0.4, 0.5) is 0 Å². The van der Waals surface area contributed by atoms with Gasteiger partial charge in [-0.25, -0.2) is 0 Å². The lowest BCUT2D eigenvalue weighted by atomic mass is 10.0. The van der Waals surface area contributed by atoms with Crippen LogP contribution >= 0.6 is 39.1 Å². The molecule has 2 rings (SSSR count). The third-order valence-corrected chi connectivity index (χ3v) is 4.14. The standard InChI is InChI=1S/C15H13BrCl2O/c1-19-15-7-6-11(16)9-12(15)14(18)8-10-4-2-3-5-13(10)17/h2-7,9,14H,8H2,1H3. The molecule has 0 aliphatic carbocycles. The van der Waals surface area contributed by atoms with Crippen LogP contribution in [0.1, 0.15) is 16.5 Å². The maximum atomic E-state index is 6.51. The van der Waals surface area contributed by atoms with Gasteiger partial charge in [0.15, 0.2) is 0 Å². The molecule has 0 saturated carbocycles. The molecule has 19 heavy (non-hydrogen) atoms. The van der Waals surface area contributed by atoms with Crippen molar-refractivity contribution in [2.45, 2.75) is 11.8 Å². The van der Waals surface area contributed by atoms with E-state index in [9.17, 15) is 0 Å². The average molecular weight is 360 g/mol. The van der Waals surface area contributed by atoms with Gasteiger partial charge < -0.3 is 4.74 Å². The van der Waals surface area contributed by atoms with Crippen LogP contribution in [-0.4, -0.2) is 7.11 Å². The number of hydrogen-bond acceptors (Lipinski definition) is 1. The zero-order chi connectivity index (χ0) is 13.8. The van der Waals surface area contributed by atoms with E-state index in [2.05, 4.69) is 15.9 Å². The lowest BCUT2D eigenvalue weighted by molar-refractivity contribution is 0.409. The molecule has 0 N–H and O–H groups in total. The molecule has 1 atom stereocenters. The highest BCUT2D eigenvalue weighted by Crippen LogP contribution is 2.35. The molecule has 0 aliphatic heterocycles. The number of alkyl halides is 1. The number of ether oxygens (including phenoxy) is 1. The fraction of sp³-hybridized carbons (Fsp3) is 0.200. The summed E-state index contributed by atoms with van der Waals surface area (Å²) in [7, 11) is 1.64. The lowest BCUT2D eigenvalue weighted by Crippen LogP contribution is -2.00. The van der Waals surface area contributed by atoms with Crippen LogP contribution in [0.3, 0.4) is 0 Å². The first-order valence-corrected chi connectivity index (χ1v) is 7.43. The van der Waals surface area contributed by atoms with Crippen LogP contribution in [0.2, 0.25) is 5.02 Å². The van der Waals surface area contributed by atoms with Crippen LogP contribution < -0.4 is 4.74 Å². The largest absolute Gasteiger partial charge is 0.496 e. The molecular weight excluding hydrogens is 347 g/mol. The van der Waals surface area contributed by atoms with Crippen molar-refractivity contribution in [2.24, 2.45) is 0 Å². The Hall–Kier alpha value is -0.700. The maximum absolute atomic E-state index is 6.51. The summed E-state index contributed by atoms with van der Waals surface area (Å²) in [6.07, 6.45) is 0.661. The second-order valence-corrected chi connectivity index (χ2v) is 6.00. The molecule has 1 unspecified atom stereocenters. The Morgan fingerprint density at radius 3 is 2.63 bits per heavy atom. The molecule has 0 aliphatic rings. The van der Waals surface area contributed by atoms with Gasteiger partial charge in [-0.1, -0.05) is 45.7 Å². The number of halogens is 3. The topological polar surface area (TPSA) is 9.23 Å². The number of rotatable bonds is 4. The van der Waals surface area contributed by atoms with Crippen LogP contribution in [0.5, 0.6) is 5.75 Å². The molecular formula is C15H13BrCl2O. The van der Waals surface area contributed by atoms with Crippen molar-refractivity contribution in [3.63, 3.8) is 0 Å². The monoisotopic (exact) mass is 358 g/mol. The molecule has 0 heterocycles. The minimum atomic E-state index is -0.188. The zero-order valence-corrected chi connectivity index (χ0v) is 13.5. The van der Waals surface area contributed by atoms with Gasteiger partial charge in [0.2, 0.25) is 0 Å². The fourth-order valence-corrected chi connectivity index (χ4v) is 2.85. The van der Waals surface area contributed by atoms with Gasteiger partial charge in [-0.2, -0.15) is 0 Å². The van der Waals surface area contributed by atoms with Gasteiger partial charge in [0, 0.05) is 15.1 Å². The van der Waals surface area contributed by atoms with E-state index in [1.54, 1.807) is 7.11 Å². The second-order valence-electron chi connectivity index (χ2n) is 4.15. The summed E-state index contributed by atoms with van der Waals surface area (Å²) in [4.78, 5) is 0. The number of methoxy groups -OCH3 is 1. The minimum Gasteiger partial charge on any atom is -0.496 e. The van der Waals surface area contributed by atoms with E-state index < -0.39 is 0 Å². The molecule has 0 amide bonds. The third kappa shape index (κ3) is 3.65. The van der Waals surface area contributed by atoms with Gasteiger partial charge >= 0.3 is 0 Å². The van der Waals surface area contributed by atoms with Gasteiger partial charge in [0.25, 0.3) is 0 Å². The van der Waals surface area contributed by atoms with Crippen LogP contribution in [-0.2, 0) is 6.42 Å². The Labute approximate surface area is 131 Å². The number of hydrogen-bond donors (Lipinski definition) is 0. The van der Waals surface area contributed by atoms with Crippen LogP contribution in [0, 0.1) is 0 Å². The molecule has 100 valence electrons. The summed E-state index contributed by atoms with van der Waals surface area (Å²) >= 11 is 16.1. The first-order chi connectivity index (χ1) is 9.11. The van der Waals surface area contributed by atoms with Gasteiger partial charge in [0.1, 0.15) is 5.75 Å². The summed E-state index contributed by atoms with van der Waals surface area (Å²) in [6.45, 7) is 0. The van der Waals surface area contributed by atoms with Crippen molar-refractivity contribution in [3.8, 4) is 5.75 Å². The predicted octanol–water partition coefficient (Wildman–Crippen LogP) is 5.63. The SMILES string of the molecule is COc1ccc(Br)cc1C(Cl)Cc1ccccc1Cl. The van der Waals surface area contributed by atoms with Crippen molar-refractivity contribution in [1.29, 1.82) is 0 Å². The van der Waals surface area contributed by atoms with Crippen molar-refractivity contribution in [2.75, 3.05) is 7.11 Å². The molecule has 0 fully saturated rings. The fourth-order valence-electron chi connectivity index (χ4n) is 1.92. The molecule has 0 saturated heterocycles. The Kier molecular flexibility index (Phi) is 5.14. The van der Waals surface area contributed by atoms with Crippen molar-refractivity contribution >= 4 is 39.1 Å². The quantitative estimate of drug-likeness (QED) is 0.642. The average Bonchev–Trinajstić information content (AvgIpc) is 2.41. The Balaban J connectivity index is 2.27. The molecule has 0 radical (unpaired) electrons. The highest BCUT2D eigenvalue weighted by atomic mass is 79.9. The summed E-state index contributed by atoms with van der Waals surface area (Å²) in [5, 5.41) is 0.550. The van der Waals surface area contributed by atoms with Crippen LogP contribution in [0.25, 0.3) is 0 Å². The Morgan fingerprint density at radius 1 is 1.21 bits per heavy atom. The lowest BCUT2D eigenvalue weighted by Gasteiger charge is -2.15. The van der Waals surface area contributed by atoms with Crippen molar-refractivity contribution in [3.05, 3.63) is 63.1 Å². The van der Waals surface area contributed by atoms with Crippen molar-refractivity contribution in [1.82, 2.24) is 0 Å². The van der Waals surface area contributed by atoms with Gasteiger partial charge in [-0.05, 0) is 36.2 Å². The summed E-state index contributed by atoms with van der Waals surface area (Å²) in [6, 6.07) is 13.6. The molecule has 4 heteroatoms. The maximum Gasteiger partial charge on any atom is 0.123 e. The summed E-state index contributed by atoms with van der Waals surface area (Å²) < 4.78 is 6.33. The van der Waals surface area contributed by atoms with E-state index in [-0.39, 0.29) is 5.38 Å². The minimum absolute atomic E-state index is 0.188. The zero-order valence-electron chi connectivity index (χ0n) is 10.4. The van der Waals surface area contributed by atoms with E-state index in [1.165, 1.54) is 0 Å². The summed E-state index contributed by atoms with van der Waals surface area (Å²) in [5.74, 6) is 0.787. The van der Waals surface area contributed by atoms with E-state index in [4.69, 9.17) is 27.9 Å². The number of benzene rings is 2. The van der Waals surface area contributed by atoms with Crippen LogP contribution in [0.15, 0.2) is 46.9 Å². The van der Waals surface area contributed by atoms with Crippen molar-refractivity contribution < 1.29 is 4.74 Å². The van der Waals surface area contributed by atoms with E-state index >= 15 is 0 Å². The Bertz CT molecular complexity index is 572. The first-order valence-electron chi connectivity index (χ1n) is 5.82. The third-order valence-electron chi connectivity index (χ3n) is 2.89. The normalized spacial score (nSPS) is 12.2. The molecule has 0 spiro atoms. The van der Waals surface area contributed by atoms with E-state index in [0.29, 0.717) is 6.42 Å². The van der Waals surface area contributed by atoms with Gasteiger partial charge in [-0.15, -0.1) is 11.6 Å². The summed E-state index contributed by atoms with van der Waals surface area (Å²) in [5.41, 5.74) is 1.99. The smallest absolute Gasteiger partial charge is 0.123 e. The van der Waals surface area contributed by atoms with Gasteiger partial charge in [0.05, 0.1) is 12.5 Å². The molecule has 1 nitrogen and oxygen atoms in total. The Morgan fingerprint density at radius 2 is 1.95 bits per heavy atom. The van der Waals surface area contributed by atoms with E-state index in [1.807, 2.05) is 42.5 Å². The predicted molar refractivity (Wildman–Crippen MR) is 84.4 cm³/mol. The van der Waals surface area contributed by atoms with E-state index in [0.717, 1.165) is 26.4 Å².